The summed E-state index contributed by atoms with van der Waals surface area (Å²) < 4.78 is 0. The lowest BCUT2D eigenvalue weighted by Crippen LogP contribution is -2.30. The number of imidazole rings is 1. The molecule has 146 valence electrons. The predicted octanol–water partition coefficient (Wildman–Crippen LogP) is 4.06. The molecule has 28 heavy (non-hydrogen) atoms. The number of anilines is 2. The molecule has 0 aliphatic carbocycles. The van der Waals surface area contributed by atoms with Crippen molar-refractivity contribution in [2.45, 2.75) is 24.4 Å². The van der Waals surface area contributed by atoms with Crippen LogP contribution in [0.2, 0.25) is 0 Å². The lowest BCUT2D eigenvalue weighted by Gasteiger charge is -2.27. The Kier molecular flexibility index (Phi) is 5.61. The molecule has 0 amide bonds. The van der Waals surface area contributed by atoms with Gasteiger partial charge in [0, 0.05) is 31.5 Å². The van der Waals surface area contributed by atoms with Gasteiger partial charge in [0.15, 0.2) is 5.16 Å². The number of para-hydroxylation sites is 2. The van der Waals surface area contributed by atoms with Gasteiger partial charge >= 0.3 is 5.69 Å². The van der Waals surface area contributed by atoms with Crippen molar-refractivity contribution < 1.29 is 4.92 Å². The average molecular weight is 398 g/mol. The van der Waals surface area contributed by atoms with E-state index in [4.69, 9.17) is 0 Å². The van der Waals surface area contributed by atoms with Gasteiger partial charge in [0.05, 0.1) is 16.0 Å². The standard InChI is InChI=1S/C19H22N6O2S/c26-25(27)16-8-9-17(24-11-4-1-5-12-24)23-18(16)20-10-13-28-19-21-14-6-2-3-7-15(14)22-19/h2-3,6-9H,1,4-5,10-13H2,(H,20,23)(H,21,22). The third-order valence-corrected chi connectivity index (χ3v) is 5.61. The summed E-state index contributed by atoms with van der Waals surface area (Å²) in [4.78, 5) is 25.5. The summed E-state index contributed by atoms with van der Waals surface area (Å²) in [5, 5.41) is 15.3. The van der Waals surface area contributed by atoms with Crippen molar-refractivity contribution in [3.8, 4) is 0 Å². The molecule has 1 aromatic carbocycles. The summed E-state index contributed by atoms with van der Waals surface area (Å²) in [7, 11) is 0. The van der Waals surface area contributed by atoms with Crippen LogP contribution in [-0.4, -0.2) is 45.3 Å². The van der Waals surface area contributed by atoms with E-state index in [0.717, 1.165) is 47.9 Å². The quantitative estimate of drug-likeness (QED) is 0.268. The van der Waals surface area contributed by atoms with Gasteiger partial charge < -0.3 is 15.2 Å². The van der Waals surface area contributed by atoms with E-state index in [0.29, 0.717) is 18.1 Å². The molecular weight excluding hydrogens is 376 g/mol. The van der Waals surface area contributed by atoms with Crippen LogP contribution in [0.25, 0.3) is 11.0 Å². The Balaban J connectivity index is 1.40. The number of H-pyrrole nitrogens is 1. The van der Waals surface area contributed by atoms with Crippen molar-refractivity contribution in [1.82, 2.24) is 15.0 Å². The van der Waals surface area contributed by atoms with Crippen LogP contribution in [0.15, 0.2) is 41.6 Å². The van der Waals surface area contributed by atoms with E-state index in [2.05, 4.69) is 25.2 Å². The second-order valence-electron chi connectivity index (χ2n) is 6.68. The van der Waals surface area contributed by atoms with E-state index >= 15 is 0 Å². The topological polar surface area (TPSA) is 100.0 Å². The Morgan fingerprint density at radius 1 is 1.14 bits per heavy atom. The van der Waals surface area contributed by atoms with Crippen LogP contribution in [0.5, 0.6) is 0 Å². The minimum absolute atomic E-state index is 0.00879. The molecule has 0 bridgehead atoms. The largest absolute Gasteiger partial charge is 0.363 e. The van der Waals surface area contributed by atoms with Gasteiger partial charge in [-0.15, -0.1) is 0 Å². The number of hydrogen-bond acceptors (Lipinski definition) is 7. The maximum Gasteiger partial charge on any atom is 0.311 e. The van der Waals surface area contributed by atoms with Crippen molar-refractivity contribution in [2.75, 3.05) is 35.6 Å². The summed E-state index contributed by atoms with van der Waals surface area (Å²) in [6.07, 6.45) is 3.50. The molecule has 0 saturated carbocycles. The Hall–Kier alpha value is -2.81. The van der Waals surface area contributed by atoms with Crippen LogP contribution in [0.3, 0.4) is 0 Å². The monoisotopic (exact) mass is 398 g/mol. The summed E-state index contributed by atoms with van der Waals surface area (Å²) in [6.45, 7) is 2.46. The van der Waals surface area contributed by atoms with Crippen LogP contribution in [0, 0.1) is 10.1 Å². The van der Waals surface area contributed by atoms with E-state index in [1.165, 1.54) is 6.42 Å². The van der Waals surface area contributed by atoms with Gasteiger partial charge in [-0.05, 0) is 37.5 Å². The molecule has 4 rings (SSSR count). The third-order valence-electron chi connectivity index (χ3n) is 4.74. The van der Waals surface area contributed by atoms with Crippen LogP contribution < -0.4 is 10.2 Å². The number of fused-ring (bicyclic) bond motifs is 1. The van der Waals surface area contributed by atoms with Crippen molar-refractivity contribution in [3.05, 3.63) is 46.5 Å². The number of nitro groups is 1. The SMILES string of the molecule is O=[N+]([O-])c1ccc(N2CCCCC2)nc1NCCSc1nc2ccccc2[nH]1. The number of aromatic nitrogens is 3. The molecule has 9 heteroatoms. The van der Waals surface area contributed by atoms with Gasteiger partial charge in [0.1, 0.15) is 5.82 Å². The first-order chi connectivity index (χ1) is 13.7. The molecule has 1 aliphatic heterocycles. The number of piperidine rings is 1. The number of nitrogens with one attached hydrogen (secondary N) is 2. The highest BCUT2D eigenvalue weighted by Gasteiger charge is 2.19. The molecule has 1 aliphatic rings. The summed E-state index contributed by atoms with van der Waals surface area (Å²) in [5.41, 5.74) is 1.95. The lowest BCUT2D eigenvalue weighted by molar-refractivity contribution is -0.384. The Morgan fingerprint density at radius 2 is 1.96 bits per heavy atom. The molecule has 0 radical (unpaired) electrons. The smallest absolute Gasteiger partial charge is 0.311 e. The predicted molar refractivity (Wildman–Crippen MR) is 112 cm³/mol. The Labute approximate surface area is 166 Å². The molecule has 3 aromatic rings. The van der Waals surface area contributed by atoms with Crippen molar-refractivity contribution in [2.24, 2.45) is 0 Å². The number of benzene rings is 1. The van der Waals surface area contributed by atoms with E-state index in [9.17, 15) is 10.1 Å². The molecule has 1 saturated heterocycles. The van der Waals surface area contributed by atoms with Crippen LogP contribution in [0.1, 0.15) is 19.3 Å². The summed E-state index contributed by atoms with van der Waals surface area (Å²) in [6, 6.07) is 11.2. The highest BCUT2D eigenvalue weighted by Crippen LogP contribution is 2.27. The highest BCUT2D eigenvalue weighted by molar-refractivity contribution is 7.99. The second-order valence-corrected chi connectivity index (χ2v) is 7.76. The van der Waals surface area contributed by atoms with Crippen LogP contribution >= 0.6 is 11.8 Å². The maximum absolute atomic E-state index is 11.4. The van der Waals surface area contributed by atoms with Gasteiger partial charge in [-0.2, -0.15) is 0 Å². The van der Waals surface area contributed by atoms with Gasteiger partial charge in [-0.25, -0.2) is 9.97 Å². The van der Waals surface area contributed by atoms with Gasteiger partial charge in [0.25, 0.3) is 0 Å². The minimum atomic E-state index is -0.387. The summed E-state index contributed by atoms with van der Waals surface area (Å²) in [5.74, 6) is 1.85. The molecule has 3 heterocycles. The van der Waals surface area contributed by atoms with E-state index in [-0.39, 0.29) is 10.6 Å². The zero-order valence-electron chi connectivity index (χ0n) is 15.4. The first kappa shape index (κ1) is 18.5. The zero-order chi connectivity index (χ0) is 19.3. The third kappa shape index (κ3) is 4.19. The fourth-order valence-corrected chi connectivity index (χ4v) is 4.08. The lowest BCUT2D eigenvalue weighted by atomic mass is 10.1. The van der Waals surface area contributed by atoms with Gasteiger partial charge in [0.2, 0.25) is 5.82 Å². The number of pyridine rings is 1. The molecule has 8 nitrogen and oxygen atoms in total. The van der Waals surface area contributed by atoms with E-state index in [1.54, 1.807) is 23.9 Å². The average Bonchev–Trinajstić information content (AvgIpc) is 3.14. The molecule has 0 atom stereocenters. The van der Waals surface area contributed by atoms with Crippen molar-refractivity contribution >= 4 is 40.1 Å². The van der Waals surface area contributed by atoms with Gasteiger partial charge in [-0.1, -0.05) is 23.9 Å². The van der Waals surface area contributed by atoms with Crippen molar-refractivity contribution in [1.29, 1.82) is 0 Å². The van der Waals surface area contributed by atoms with Crippen molar-refractivity contribution in [3.63, 3.8) is 0 Å². The molecule has 2 aromatic heterocycles. The number of hydrogen-bond donors (Lipinski definition) is 2. The first-order valence-corrected chi connectivity index (χ1v) is 10.4. The number of aromatic amines is 1. The summed E-state index contributed by atoms with van der Waals surface area (Å²) >= 11 is 1.57. The first-order valence-electron chi connectivity index (χ1n) is 9.42. The van der Waals surface area contributed by atoms with Gasteiger partial charge in [-0.3, -0.25) is 10.1 Å². The maximum atomic E-state index is 11.4. The normalized spacial score (nSPS) is 14.4. The zero-order valence-corrected chi connectivity index (χ0v) is 16.2. The number of rotatable bonds is 7. The van der Waals surface area contributed by atoms with Crippen LogP contribution in [0.4, 0.5) is 17.3 Å². The minimum Gasteiger partial charge on any atom is -0.363 e. The Bertz CT molecular complexity index is 937. The fourth-order valence-electron chi connectivity index (χ4n) is 3.33. The number of nitrogens with zero attached hydrogens (tertiary/aromatic N) is 4. The number of thioether (sulfide) groups is 1. The second kappa shape index (κ2) is 8.47. The van der Waals surface area contributed by atoms with E-state index < -0.39 is 0 Å². The molecule has 0 spiro atoms. The molecular formula is C19H22N6O2S. The molecule has 0 unspecified atom stereocenters. The van der Waals surface area contributed by atoms with Crippen LogP contribution in [-0.2, 0) is 0 Å². The molecule has 1 fully saturated rings. The van der Waals surface area contributed by atoms with E-state index in [1.807, 2.05) is 24.3 Å². The molecule has 2 N–H and O–H groups in total. The highest BCUT2D eigenvalue weighted by atomic mass is 32.2. The Morgan fingerprint density at radius 3 is 2.75 bits per heavy atom. The fraction of sp³-hybridized carbons (Fsp3) is 0.368.